The maximum atomic E-state index is 12.9. The third-order valence-corrected chi connectivity index (χ3v) is 5.55. The van der Waals surface area contributed by atoms with Crippen LogP contribution < -0.4 is 20.1 Å². The molecule has 3 aromatic carbocycles. The summed E-state index contributed by atoms with van der Waals surface area (Å²) in [5.41, 5.74) is 4.06. The number of carbonyl (C=O) groups excluding carboxylic acids is 2. The quantitative estimate of drug-likeness (QED) is 0.337. The van der Waals surface area contributed by atoms with Crippen LogP contribution >= 0.6 is 0 Å². The van der Waals surface area contributed by atoms with E-state index in [1.165, 1.54) is 0 Å². The van der Waals surface area contributed by atoms with E-state index in [1.54, 1.807) is 44.5 Å². The van der Waals surface area contributed by atoms with Gasteiger partial charge in [-0.3, -0.25) is 14.6 Å². The number of aliphatic imine (C=N–C) groups is 1. The van der Waals surface area contributed by atoms with Gasteiger partial charge in [-0.05, 0) is 68.6 Å². The molecule has 0 unspecified atom stereocenters. The van der Waals surface area contributed by atoms with Crippen LogP contribution in [0.2, 0.25) is 0 Å². The summed E-state index contributed by atoms with van der Waals surface area (Å²) in [6.07, 6.45) is 1.84. The van der Waals surface area contributed by atoms with Crippen molar-refractivity contribution < 1.29 is 19.1 Å². The molecule has 3 rings (SSSR count). The van der Waals surface area contributed by atoms with Crippen molar-refractivity contribution in [1.29, 1.82) is 0 Å². The monoisotopic (exact) mass is 471 g/mol. The smallest absolute Gasteiger partial charge is 0.251 e. The summed E-state index contributed by atoms with van der Waals surface area (Å²) in [4.78, 5) is 28.7. The van der Waals surface area contributed by atoms with Gasteiger partial charge in [-0.25, -0.2) is 0 Å². The minimum Gasteiger partial charge on any atom is -0.497 e. The van der Waals surface area contributed by atoms with Crippen molar-refractivity contribution in [2.45, 2.75) is 20.4 Å². The average molecular weight is 472 g/mol. The van der Waals surface area contributed by atoms with Gasteiger partial charge in [-0.1, -0.05) is 18.2 Å². The summed E-state index contributed by atoms with van der Waals surface area (Å²) in [6, 6.07) is 17.9. The summed E-state index contributed by atoms with van der Waals surface area (Å²) in [6.45, 7) is 7.69. The fraction of sp³-hybridized carbons (Fsp3) is 0.179. The van der Waals surface area contributed by atoms with Crippen LogP contribution in [0, 0.1) is 6.92 Å². The second-order valence-electron chi connectivity index (χ2n) is 7.68. The summed E-state index contributed by atoms with van der Waals surface area (Å²) in [5.74, 6) is 1.45. The molecular weight excluding hydrogens is 442 g/mol. The van der Waals surface area contributed by atoms with Gasteiger partial charge in [-0.15, -0.1) is 0 Å². The molecule has 0 spiro atoms. The van der Waals surface area contributed by atoms with Gasteiger partial charge in [0, 0.05) is 41.9 Å². The number of methoxy groups -OCH3 is 1. The lowest BCUT2D eigenvalue weighted by atomic mass is 10.1. The van der Waals surface area contributed by atoms with Crippen molar-refractivity contribution in [3.05, 3.63) is 94.6 Å². The predicted octanol–water partition coefficient (Wildman–Crippen LogP) is 5.07. The van der Waals surface area contributed by atoms with Crippen LogP contribution in [-0.4, -0.2) is 32.7 Å². The highest BCUT2D eigenvalue weighted by atomic mass is 16.5. The molecule has 0 atom stereocenters. The van der Waals surface area contributed by atoms with E-state index >= 15 is 0 Å². The third kappa shape index (κ3) is 5.95. The summed E-state index contributed by atoms with van der Waals surface area (Å²) < 4.78 is 11.5. The number of ether oxygens (including phenoxy) is 2. The Morgan fingerprint density at radius 1 is 1.03 bits per heavy atom. The molecule has 3 aromatic rings. The maximum Gasteiger partial charge on any atom is 0.251 e. The van der Waals surface area contributed by atoms with Gasteiger partial charge >= 0.3 is 0 Å². The lowest BCUT2D eigenvalue weighted by Gasteiger charge is -2.16. The topological polar surface area (TPSA) is 89.0 Å². The highest BCUT2D eigenvalue weighted by Crippen LogP contribution is 2.33. The molecule has 2 amide bonds. The molecule has 0 heterocycles. The third-order valence-electron chi connectivity index (χ3n) is 5.55. The van der Waals surface area contributed by atoms with Crippen LogP contribution in [0.5, 0.6) is 11.5 Å². The molecule has 0 bridgehead atoms. The second-order valence-corrected chi connectivity index (χ2v) is 7.68. The van der Waals surface area contributed by atoms with Crippen LogP contribution in [0.25, 0.3) is 5.76 Å². The van der Waals surface area contributed by atoms with E-state index in [9.17, 15) is 9.59 Å². The van der Waals surface area contributed by atoms with Crippen LogP contribution in [0.3, 0.4) is 0 Å². The summed E-state index contributed by atoms with van der Waals surface area (Å²) in [5, 5.41) is 5.51. The Kier molecular flexibility index (Phi) is 8.40. The number of allylic oxidation sites excluding steroid dienone is 1. The Balaban J connectivity index is 1.76. The Morgan fingerprint density at radius 2 is 1.77 bits per heavy atom. The average Bonchev–Trinajstić information content (AvgIpc) is 2.90. The summed E-state index contributed by atoms with van der Waals surface area (Å²) >= 11 is 0. The minimum atomic E-state index is -0.219. The van der Waals surface area contributed by atoms with Crippen molar-refractivity contribution in [3.8, 4) is 11.5 Å². The van der Waals surface area contributed by atoms with Gasteiger partial charge in [0.25, 0.3) is 11.8 Å². The molecule has 2 N–H and O–H groups in total. The maximum absolute atomic E-state index is 12.9. The number of carbonyl (C=O) groups is 2. The van der Waals surface area contributed by atoms with E-state index in [1.807, 2.05) is 50.3 Å². The van der Waals surface area contributed by atoms with Crippen LogP contribution in [0.1, 0.15) is 44.3 Å². The van der Waals surface area contributed by atoms with E-state index in [0.29, 0.717) is 46.2 Å². The lowest BCUT2D eigenvalue weighted by molar-refractivity contribution is 0.0945. The van der Waals surface area contributed by atoms with E-state index in [0.717, 1.165) is 11.1 Å². The highest BCUT2D eigenvalue weighted by molar-refractivity contribution is 5.96. The van der Waals surface area contributed by atoms with Gasteiger partial charge in [0.05, 0.1) is 12.8 Å². The Hall–Kier alpha value is -4.39. The number of nitrogens with zero attached hydrogens (tertiary/aromatic N) is 1. The Morgan fingerprint density at radius 3 is 2.40 bits per heavy atom. The number of hydrogen-bond donors (Lipinski definition) is 2. The molecular formula is C28H29N3O4. The standard InChI is InChI=1S/C28H29N3O4/c1-6-25(23-15-14-21(34-5)16-24(23)29-3)35-26-9-7-8-22(18(26)2)28(33)31-17-19-10-12-20(13-11-19)27(32)30-4/h6-16H,3,17H2,1-2,4-5H3,(H,30,32)(H,31,33)/b25-6+. The molecule has 0 fully saturated rings. The van der Waals surface area contributed by atoms with Gasteiger partial charge in [-0.2, -0.15) is 0 Å². The van der Waals surface area contributed by atoms with Gasteiger partial charge in [0.15, 0.2) is 0 Å². The van der Waals surface area contributed by atoms with Gasteiger partial charge < -0.3 is 20.1 Å². The van der Waals surface area contributed by atoms with Crippen molar-refractivity contribution in [2.75, 3.05) is 14.2 Å². The molecule has 0 aromatic heterocycles. The van der Waals surface area contributed by atoms with Crippen LogP contribution in [0.4, 0.5) is 5.69 Å². The van der Waals surface area contributed by atoms with Crippen molar-refractivity contribution >= 4 is 30.0 Å². The molecule has 0 saturated carbocycles. The number of hydrogen-bond acceptors (Lipinski definition) is 5. The van der Waals surface area contributed by atoms with Crippen molar-refractivity contribution in [3.63, 3.8) is 0 Å². The molecule has 35 heavy (non-hydrogen) atoms. The lowest BCUT2D eigenvalue weighted by Crippen LogP contribution is -2.24. The molecule has 0 aliphatic carbocycles. The minimum absolute atomic E-state index is 0.154. The Bertz CT molecular complexity index is 1260. The predicted molar refractivity (Wildman–Crippen MR) is 139 cm³/mol. The highest BCUT2D eigenvalue weighted by Gasteiger charge is 2.16. The molecule has 180 valence electrons. The van der Waals surface area contributed by atoms with E-state index in [4.69, 9.17) is 9.47 Å². The fourth-order valence-electron chi connectivity index (χ4n) is 3.53. The second kappa shape index (κ2) is 11.7. The van der Waals surface area contributed by atoms with Gasteiger partial charge in [0.2, 0.25) is 0 Å². The van der Waals surface area contributed by atoms with Crippen molar-refractivity contribution in [1.82, 2.24) is 10.6 Å². The molecule has 0 aliphatic heterocycles. The fourth-order valence-corrected chi connectivity index (χ4v) is 3.53. The van der Waals surface area contributed by atoms with E-state index < -0.39 is 0 Å². The number of benzene rings is 3. The largest absolute Gasteiger partial charge is 0.497 e. The SMILES string of the molecule is C=Nc1cc(OC)ccc1/C(=C\C)Oc1cccc(C(=O)NCc2ccc(C(=O)NC)cc2)c1C. The molecule has 0 saturated heterocycles. The first-order chi connectivity index (χ1) is 16.9. The van der Waals surface area contributed by atoms with Gasteiger partial charge in [0.1, 0.15) is 17.3 Å². The zero-order valence-corrected chi connectivity index (χ0v) is 20.3. The van der Waals surface area contributed by atoms with E-state index in [2.05, 4.69) is 22.3 Å². The normalized spacial score (nSPS) is 10.9. The summed E-state index contributed by atoms with van der Waals surface area (Å²) in [7, 11) is 3.18. The first-order valence-corrected chi connectivity index (χ1v) is 11.1. The zero-order chi connectivity index (χ0) is 25.4. The van der Waals surface area contributed by atoms with Crippen LogP contribution in [0.15, 0.2) is 71.7 Å². The molecule has 0 aliphatic rings. The van der Waals surface area contributed by atoms with E-state index in [-0.39, 0.29) is 11.8 Å². The molecule has 7 heteroatoms. The van der Waals surface area contributed by atoms with Crippen molar-refractivity contribution in [2.24, 2.45) is 4.99 Å². The first kappa shape index (κ1) is 25.2. The number of amides is 2. The first-order valence-electron chi connectivity index (χ1n) is 11.1. The zero-order valence-electron chi connectivity index (χ0n) is 20.3. The molecule has 0 radical (unpaired) electrons. The molecule has 7 nitrogen and oxygen atoms in total. The van der Waals surface area contributed by atoms with Crippen LogP contribution in [-0.2, 0) is 6.54 Å². The number of nitrogens with one attached hydrogen (secondary N) is 2. The number of rotatable bonds is 9. The Labute approximate surface area is 205 Å².